The molecule has 1 atom stereocenters. The van der Waals surface area contributed by atoms with Gasteiger partial charge in [0.05, 0.1) is 5.02 Å². The third kappa shape index (κ3) is 3.33. The van der Waals surface area contributed by atoms with Crippen molar-refractivity contribution in [2.75, 3.05) is 0 Å². The minimum atomic E-state index is -0.372. The van der Waals surface area contributed by atoms with E-state index in [-0.39, 0.29) is 15.7 Å². The fourth-order valence-electron chi connectivity index (χ4n) is 1.87. The monoisotopic (exact) mass is 326 g/mol. The van der Waals surface area contributed by atoms with E-state index in [0.29, 0.717) is 0 Å². The van der Waals surface area contributed by atoms with Crippen LogP contribution in [0.4, 0.5) is 4.39 Å². The largest absolute Gasteiger partial charge is 0.205 e. The van der Waals surface area contributed by atoms with Gasteiger partial charge in [0.15, 0.2) is 0 Å². The first-order valence-corrected chi connectivity index (χ1v) is 7.00. The van der Waals surface area contributed by atoms with Gasteiger partial charge in [0.1, 0.15) is 5.82 Å². The summed E-state index contributed by atoms with van der Waals surface area (Å²) in [6, 6.07) is 13.2. The Labute approximate surface area is 120 Å². The van der Waals surface area contributed by atoms with Crippen LogP contribution < -0.4 is 0 Å². The van der Waals surface area contributed by atoms with Crippen molar-refractivity contribution in [1.82, 2.24) is 0 Å². The topological polar surface area (TPSA) is 0 Å². The van der Waals surface area contributed by atoms with Gasteiger partial charge < -0.3 is 0 Å². The second kappa shape index (κ2) is 5.85. The van der Waals surface area contributed by atoms with Gasteiger partial charge in [0.25, 0.3) is 0 Å². The smallest absolute Gasteiger partial charge is 0.142 e. The van der Waals surface area contributed by atoms with Gasteiger partial charge in [-0.15, -0.1) is 0 Å². The Kier molecular flexibility index (Phi) is 4.41. The molecule has 0 aliphatic rings. The van der Waals surface area contributed by atoms with Gasteiger partial charge in [-0.1, -0.05) is 63.4 Å². The molecule has 0 spiro atoms. The summed E-state index contributed by atoms with van der Waals surface area (Å²) in [6.45, 7) is 2.06. The van der Waals surface area contributed by atoms with E-state index in [4.69, 9.17) is 11.6 Å². The molecular formula is C15H13BrClF. The van der Waals surface area contributed by atoms with Gasteiger partial charge in [-0.05, 0) is 36.6 Å². The minimum Gasteiger partial charge on any atom is -0.205 e. The fourth-order valence-corrected chi connectivity index (χ4v) is 2.65. The second-order valence-electron chi connectivity index (χ2n) is 4.33. The Morgan fingerprint density at radius 2 is 2.00 bits per heavy atom. The molecule has 0 nitrogen and oxygen atoms in total. The fraction of sp³-hybridized carbons (Fsp3) is 0.200. The Morgan fingerprint density at radius 3 is 2.67 bits per heavy atom. The first-order valence-electron chi connectivity index (χ1n) is 5.71. The molecule has 2 rings (SSSR count). The number of hydrogen-bond donors (Lipinski definition) is 0. The van der Waals surface area contributed by atoms with Crippen LogP contribution in [0.2, 0.25) is 5.02 Å². The number of alkyl halides is 1. The number of rotatable bonds is 3. The molecule has 0 aliphatic carbocycles. The highest BCUT2D eigenvalue weighted by Gasteiger charge is 2.11. The molecule has 0 aliphatic heterocycles. The standard InChI is InChI=1S/C15H13BrClF/c1-10-3-2-4-11(7-10)8-13(16)12-5-6-14(17)15(18)9-12/h2-7,9,13H,8H2,1H3. The van der Waals surface area contributed by atoms with Gasteiger partial charge in [-0.2, -0.15) is 0 Å². The van der Waals surface area contributed by atoms with E-state index in [1.165, 1.54) is 17.2 Å². The summed E-state index contributed by atoms with van der Waals surface area (Å²) >= 11 is 9.27. The van der Waals surface area contributed by atoms with Crippen LogP contribution in [0.25, 0.3) is 0 Å². The molecule has 0 amide bonds. The Hall–Kier alpha value is -0.860. The molecule has 0 heterocycles. The lowest BCUT2D eigenvalue weighted by Crippen LogP contribution is -1.96. The summed E-state index contributed by atoms with van der Waals surface area (Å²) in [5.74, 6) is -0.372. The van der Waals surface area contributed by atoms with Crippen LogP contribution in [0.15, 0.2) is 42.5 Å². The van der Waals surface area contributed by atoms with Gasteiger partial charge in [-0.25, -0.2) is 4.39 Å². The Bertz CT molecular complexity index is 554. The van der Waals surface area contributed by atoms with Crippen molar-refractivity contribution in [2.24, 2.45) is 0 Å². The zero-order valence-corrected chi connectivity index (χ0v) is 12.3. The van der Waals surface area contributed by atoms with E-state index >= 15 is 0 Å². The quantitative estimate of drug-likeness (QED) is 0.656. The van der Waals surface area contributed by atoms with Crippen LogP contribution >= 0.6 is 27.5 Å². The summed E-state index contributed by atoms with van der Waals surface area (Å²) in [5.41, 5.74) is 3.36. The molecule has 0 aromatic heterocycles. The predicted molar refractivity (Wildman–Crippen MR) is 78.0 cm³/mol. The van der Waals surface area contributed by atoms with Crippen LogP contribution in [-0.2, 0) is 6.42 Å². The maximum absolute atomic E-state index is 13.4. The number of benzene rings is 2. The maximum Gasteiger partial charge on any atom is 0.142 e. The van der Waals surface area contributed by atoms with Crippen molar-refractivity contribution in [3.05, 3.63) is 70.0 Å². The Morgan fingerprint density at radius 1 is 1.22 bits per heavy atom. The Balaban J connectivity index is 2.16. The van der Waals surface area contributed by atoms with Crippen molar-refractivity contribution < 1.29 is 4.39 Å². The molecule has 0 radical (unpaired) electrons. The minimum absolute atomic E-state index is 0.0890. The second-order valence-corrected chi connectivity index (χ2v) is 5.85. The molecule has 1 unspecified atom stereocenters. The normalized spacial score (nSPS) is 12.4. The first-order chi connectivity index (χ1) is 8.56. The lowest BCUT2D eigenvalue weighted by atomic mass is 10.0. The van der Waals surface area contributed by atoms with Crippen LogP contribution in [0.1, 0.15) is 21.5 Å². The van der Waals surface area contributed by atoms with Crippen molar-refractivity contribution >= 4 is 27.5 Å². The average molecular weight is 328 g/mol. The molecule has 2 aromatic carbocycles. The van der Waals surface area contributed by atoms with Gasteiger partial charge in [0.2, 0.25) is 0 Å². The van der Waals surface area contributed by atoms with Gasteiger partial charge in [-0.3, -0.25) is 0 Å². The molecule has 0 bridgehead atoms. The molecule has 0 saturated carbocycles. The molecule has 3 heteroatoms. The lowest BCUT2D eigenvalue weighted by molar-refractivity contribution is 0.625. The van der Waals surface area contributed by atoms with E-state index in [9.17, 15) is 4.39 Å². The van der Waals surface area contributed by atoms with E-state index in [1.54, 1.807) is 6.07 Å². The molecule has 18 heavy (non-hydrogen) atoms. The summed E-state index contributed by atoms with van der Waals surface area (Å²) in [5, 5.41) is 0.161. The summed E-state index contributed by atoms with van der Waals surface area (Å²) < 4.78 is 13.4. The van der Waals surface area contributed by atoms with E-state index < -0.39 is 0 Å². The molecule has 0 saturated heterocycles. The van der Waals surface area contributed by atoms with Crippen LogP contribution in [0.5, 0.6) is 0 Å². The highest BCUT2D eigenvalue weighted by atomic mass is 79.9. The van der Waals surface area contributed by atoms with Crippen molar-refractivity contribution in [2.45, 2.75) is 18.2 Å². The zero-order chi connectivity index (χ0) is 13.1. The van der Waals surface area contributed by atoms with Gasteiger partial charge in [0, 0.05) is 4.83 Å². The van der Waals surface area contributed by atoms with Crippen molar-refractivity contribution in [3.63, 3.8) is 0 Å². The van der Waals surface area contributed by atoms with Crippen LogP contribution in [-0.4, -0.2) is 0 Å². The first kappa shape index (κ1) is 13.6. The predicted octanol–water partition coefficient (Wildman–Crippen LogP) is 5.47. The lowest BCUT2D eigenvalue weighted by Gasteiger charge is -2.11. The molecule has 0 N–H and O–H groups in total. The maximum atomic E-state index is 13.4. The van der Waals surface area contributed by atoms with E-state index in [0.717, 1.165) is 12.0 Å². The number of halogens is 3. The van der Waals surface area contributed by atoms with Crippen molar-refractivity contribution in [3.8, 4) is 0 Å². The van der Waals surface area contributed by atoms with E-state index in [1.807, 2.05) is 12.1 Å². The number of hydrogen-bond acceptors (Lipinski definition) is 0. The molecule has 2 aromatic rings. The molecule has 94 valence electrons. The number of aryl methyl sites for hydroxylation is 1. The summed E-state index contributed by atoms with van der Waals surface area (Å²) in [7, 11) is 0. The SMILES string of the molecule is Cc1cccc(CC(Br)c2ccc(Cl)c(F)c2)c1. The third-order valence-electron chi connectivity index (χ3n) is 2.80. The summed E-state index contributed by atoms with van der Waals surface area (Å²) in [4.78, 5) is 0.0890. The molecule has 0 fully saturated rings. The van der Waals surface area contributed by atoms with Crippen LogP contribution in [0.3, 0.4) is 0 Å². The highest BCUT2D eigenvalue weighted by molar-refractivity contribution is 9.09. The van der Waals surface area contributed by atoms with Crippen molar-refractivity contribution in [1.29, 1.82) is 0 Å². The van der Waals surface area contributed by atoms with E-state index in [2.05, 4.69) is 41.1 Å². The average Bonchev–Trinajstić information content (AvgIpc) is 2.32. The summed E-state index contributed by atoms with van der Waals surface area (Å²) in [6.07, 6.45) is 0.822. The molecular weight excluding hydrogens is 315 g/mol. The zero-order valence-electron chi connectivity index (χ0n) is 9.96. The van der Waals surface area contributed by atoms with Gasteiger partial charge >= 0.3 is 0 Å². The third-order valence-corrected chi connectivity index (χ3v) is 3.96. The highest BCUT2D eigenvalue weighted by Crippen LogP contribution is 2.29. The van der Waals surface area contributed by atoms with Crippen LogP contribution in [0, 0.1) is 12.7 Å².